The Bertz CT molecular complexity index is 78.6. The number of hydrogen-bond acceptors (Lipinski definition) is 1. The zero-order chi connectivity index (χ0) is 6.41. The summed E-state index contributed by atoms with van der Waals surface area (Å²) in [7, 11) is 0. The fourth-order valence-corrected chi connectivity index (χ4v) is 0.522. The van der Waals surface area contributed by atoms with Crippen molar-refractivity contribution < 1.29 is 4.39 Å². The molecule has 0 aliphatic rings. The second-order valence-electron chi connectivity index (χ2n) is 1.72. The van der Waals surface area contributed by atoms with Gasteiger partial charge in [0.1, 0.15) is 0 Å². The van der Waals surface area contributed by atoms with E-state index in [1.54, 1.807) is 0 Å². The summed E-state index contributed by atoms with van der Waals surface area (Å²) in [5.74, 6) is 0. The van der Waals surface area contributed by atoms with Gasteiger partial charge >= 0.3 is 0 Å². The van der Waals surface area contributed by atoms with E-state index in [0.29, 0.717) is 18.4 Å². The van der Waals surface area contributed by atoms with Crippen molar-refractivity contribution in [2.24, 2.45) is 5.73 Å². The van der Waals surface area contributed by atoms with Crippen molar-refractivity contribution in [1.29, 1.82) is 0 Å². The Hall–Kier alpha value is -0.370. The Morgan fingerprint density at radius 1 is 1.75 bits per heavy atom. The highest BCUT2D eigenvalue weighted by atomic mass is 19.1. The van der Waals surface area contributed by atoms with E-state index in [9.17, 15) is 4.39 Å². The molecule has 0 spiro atoms. The van der Waals surface area contributed by atoms with Crippen molar-refractivity contribution in [2.45, 2.75) is 19.8 Å². The van der Waals surface area contributed by atoms with Crippen molar-refractivity contribution >= 4 is 0 Å². The lowest BCUT2D eigenvalue weighted by Crippen LogP contribution is -2.01. The van der Waals surface area contributed by atoms with Crippen molar-refractivity contribution in [2.75, 3.05) is 6.54 Å². The summed E-state index contributed by atoms with van der Waals surface area (Å²) >= 11 is 0. The van der Waals surface area contributed by atoms with Crippen LogP contribution in [0.4, 0.5) is 4.39 Å². The first-order chi connectivity index (χ1) is 3.85. The molecule has 0 aromatic heterocycles. The molecule has 0 aliphatic heterocycles. The van der Waals surface area contributed by atoms with E-state index in [1.165, 1.54) is 0 Å². The van der Waals surface area contributed by atoms with Crippen LogP contribution in [0.15, 0.2) is 11.9 Å². The summed E-state index contributed by atoms with van der Waals surface area (Å²) in [6, 6.07) is 0. The fourth-order valence-electron chi connectivity index (χ4n) is 0.522. The molecule has 0 aromatic carbocycles. The Kier molecular flexibility index (Phi) is 4.56. The van der Waals surface area contributed by atoms with Gasteiger partial charge in [0.2, 0.25) is 0 Å². The molecule has 0 saturated heterocycles. The van der Waals surface area contributed by atoms with Gasteiger partial charge in [-0.25, -0.2) is 4.39 Å². The highest BCUT2D eigenvalue weighted by molar-refractivity contribution is 4.98. The van der Waals surface area contributed by atoms with Crippen LogP contribution in [0.3, 0.4) is 0 Å². The highest BCUT2D eigenvalue weighted by Crippen LogP contribution is 2.01. The third-order valence-electron chi connectivity index (χ3n) is 0.988. The van der Waals surface area contributed by atoms with Crippen LogP contribution in [-0.2, 0) is 0 Å². The third kappa shape index (κ3) is 2.75. The predicted molar refractivity (Wildman–Crippen MR) is 33.2 cm³/mol. The molecule has 0 atom stereocenters. The summed E-state index contributed by atoms with van der Waals surface area (Å²) in [5.41, 5.74) is 5.86. The topological polar surface area (TPSA) is 26.0 Å². The quantitative estimate of drug-likeness (QED) is 0.597. The summed E-state index contributed by atoms with van der Waals surface area (Å²) in [4.78, 5) is 0. The minimum absolute atomic E-state index is 0.352. The molecule has 8 heavy (non-hydrogen) atoms. The first-order valence-electron chi connectivity index (χ1n) is 2.83. The van der Waals surface area contributed by atoms with Crippen LogP contribution in [0.5, 0.6) is 0 Å². The van der Waals surface area contributed by atoms with E-state index in [1.807, 2.05) is 6.92 Å². The maximum atomic E-state index is 11.6. The average molecular weight is 117 g/mol. The molecule has 0 bridgehead atoms. The predicted octanol–water partition coefficient (Wildman–Crippen LogP) is 1.60. The lowest BCUT2D eigenvalue weighted by atomic mass is 10.2. The van der Waals surface area contributed by atoms with Gasteiger partial charge in [-0.05, 0) is 12.0 Å². The molecule has 0 aromatic rings. The van der Waals surface area contributed by atoms with E-state index < -0.39 is 0 Å². The molecule has 0 aliphatic carbocycles. The normalized spacial score (nSPS) is 12.1. The Morgan fingerprint density at radius 2 is 2.38 bits per heavy atom. The number of rotatable bonds is 3. The van der Waals surface area contributed by atoms with Crippen LogP contribution in [-0.4, -0.2) is 6.54 Å². The lowest BCUT2D eigenvalue weighted by Gasteiger charge is -1.95. The molecule has 48 valence electrons. The van der Waals surface area contributed by atoms with Crippen LogP contribution in [0.1, 0.15) is 19.8 Å². The maximum Gasteiger partial charge on any atom is 0.0871 e. The van der Waals surface area contributed by atoms with Gasteiger partial charge in [-0.15, -0.1) is 0 Å². The molecular formula is C6H12FN. The van der Waals surface area contributed by atoms with Gasteiger partial charge in [-0.3, -0.25) is 0 Å². The van der Waals surface area contributed by atoms with Gasteiger partial charge in [0.25, 0.3) is 0 Å². The molecule has 1 nitrogen and oxygen atoms in total. The zero-order valence-electron chi connectivity index (χ0n) is 5.15. The molecule has 2 N–H and O–H groups in total. The first kappa shape index (κ1) is 7.63. The summed E-state index contributed by atoms with van der Waals surface area (Å²) < 4.78 is 11.6. The zero-order valence-corrected chi connectivity index (χ0v) is 5.15. The van der Waals surface area contributed by atoms with Crippen LogP contribution < -0.4 is 5.73 Å². The van der Waals surface area contributed by atoms with E-state index in [4.69, 9.17) is 5.73 Å². The molecular weight excluding hydrogens is 105 g/mol. The summed E-state index contributed by atoms with van der Waals surface area (Å²) in [5, 5.41) is 0. The lowest BCUT2D eigenvalue weighted by molar-refractivity contribution is 0.689. The van der Waals surface area contributed by atoms with Crippen LogP contribution in [0.2, 0.25) is 0 Å². The minimum atomic E-state index is 0.352. The van der Waals surface area contributed by atoms with Crippen LogP contribution in [0.25, 0.3) is 0 Å². The highest BCUT2D eigenvalue weighted by Gasteiger charge is 1.89. The average Bonchev–Trinajstić information content (AvgIpc) is 1.83. The molecule has 0 unspecified atom stereocenters. The molecule has 0 heterocycles. The number of hydrogen-bond donors (Lipinski definition) is 1. The molecule has 0 rings (SSSR count). The standard InChI is InChI=1S/C6H12FN/c1-2-3-6(4-7)5-8/h4H,2-3,5,8H2,1H3/b6-4-. The minimum Gasteiger partial charge on any atom is -0.327 e. The van der Waals surface area contributed by atoms with Crippen LogP contribution in [0, 0.1) is 0 Å². The summed E-state index contributed by atoms with van der Waals surface area (Å²) in [6.45, 7) is 2.35. The maximum absolute atomic E-state index is 11.6. The summed E-state index contributed by atoms with van der Waals surface area (Å²) in [6.07, 6.45) is 2.35. The van der Waals surface area contributed by atoms with Gasteiger partial charge in [0.05, 0.1) is 6.33 Å². The van der Waals surface area contributed by atoms with Crippen molar-refractivity contribution in [1.82, 2.24) is 0 Å². The monoisotopic (exact) mass is 117 g/mol. The van der Waals surface area contributed by atoms with E-state index in [0.717, 1.165) is 12.8 Å². The SMILES string of the molecule is CCC/C(=C/F)CN. The molecule has 0 fully saturated rings. The second-order valence-corrected chi connectivity index (χ2v) is 1.72. The fraction of sp³-hybridized carbons (Fsp3) is 0.667. The Balaban J connectivity index is 3.38. The molecule has 0 saturated carbocycles. The number of halogens is 1. The molecule has 2 heteroatoms. The second kappa shape index (κ2) is 4.78. The number of nitrogens with two attached hydrogens (primary N) is 1. The van der Waals surface area contributed by atoms with E-state index in [-0.39, 0.29) is 0 Å². The van der Waals surface area contributed by atoms with Crippen LogP contribution >= 0.6 is 0 Å². The van der Waals surface area contributed by atoms with E-state index in [2.05, 4.69) is 0 Å². The van der Waals surface area contributed by atoms with Gasteiger partial charge < -0.3 is 5.73 Å². The first-order valence-corrected chi connectivity index (χ1v) is 2.83. The van der Waals surface area contributed by atoms with Crippen molar-refractivity contribution in [3.8, 4) is 0 Å². The van der Waals surface area contributed by atoms with Gasteiger partial charge in [-0.1, -0.05) is 13.3 Å². The largest absolute Gasteiger partial charge is 0.327 e. The molecule has 0 amide bonds. The van der Waals surface area contributed by atoms with Gasteiger partial charge in [0.15, 0.2) is 0 Å². The van der Waals surface area contributed by atoms with Gasteiger partial charge in [0, 0.05) is 6.54 Å². The van der Waals surface area contributed by atoms with Crippen molar-refractivity contribution in [3.63, 3.8) is 0 Å². The Morgan fingerprint density at radius 3 is 2.50 bits per heavy atom. The Labute approximate surface area is 49.4 Å². The van der Waals surface area contributed by atoms with Gasteiger partial charge in [-0.2, -0.15) is 0 Å². The van der Waals surface area contributed by atoms with Crippen molar-refractivity contribution in [3.05, 3.63) is 11.9 Å². The third-order valence-corrected chi connectivity index (χ3v) is 0.988. The smallest absolute Gasteiger partial charge is 0.0871 e. The van der Waals surface area contributed by atoms with E-state index >= 15 is 0 Å². The molecule has 0 radical (unpaired) electrons.